The molecule has 9 heteroatoms. The number of carbonyl (C=O) groups is 3. The molecular formula is C24H23N3O5S. The Hall–Kier alpha value is -3.59. The van der Waals surface area contributed by atoms with E-state index in [0.29, 0.717) is 33.6 Å². The van der Waals surface area contributed by atoms with Crippen LogP contribution in [-0.2, 0) is 4.74 Å². The Morgan fingerprint density at radius 2 is 1.85 bits per heavy atom. The van der Waals surface area contributed by atoms with Gasteiger partial charge in [-0.15, -0.1) is 11.3 Å². The Labute approximate surface area is 194 Å². The number of esters is 1. The molecule has 0 aliphatic heterocycles. The molecule has 4 aromatic rings. The molecule has 170 valence electrons. The molecule has 0 saturated heterocycles. The van der Waals surface area contributed by atoms with Crippen molar-refractivity contribution in [2.24, 2.45) is 0 Å². The number of hydrogen-bond acceptors (Lipinski definition) is 8. The summed E-state index contributed by atoms with van der Waals surface area (Å²) in [6, 6.07) is 3.64. The second-order valence-corrected chi connectivity index (χ2v) is 9.47. The Kier molecular flexibility index (Phi) is 5.75. The summed E-state index contributed by atoms with van der Waals surface area (Å²) in [7, 11) is 0. The summed E-state index contributed by atoms with van der Waals surface area (Å²) in [5, 5.41) is 4.39. The maximum atomic E-state index is 13.1. The zero-order valence-corrected chi connectivity index (χ0v) is 20.0. The highest BCUT2D eigenvalue weighted by molar-refractivity contribution is 7.12. The van der Waals surface area contributed by atoms with E-state index in [2.05, 4.69) is 15.1 Å². The van der Waals surface area contributed by atoms with Crippen LogP contribution in [0.2, 0.25) is 0 Å². The summed E-state index contributed by atoms with van der Waals surface area (Å²) < 4.78 is 10.7. The summed E-state index contributed by atoms with van der Waals surface area (Å²) in [6.07, 6.45) is 0. The lowest BCUT2D eigenvalue weighted by Crippen LogP contribution is -2.16. The fraction of sp³-hybridized carbons (Fsp3) is 0.292. The van der Waals surface area contributed by atoms with Crippen molar-refractivity contribution in [3.05, 3.63) is 55.7 Å². The molecule has 4 rings (SSSR count). The SMILES string of the molecule is CC(=O)c1c(C)[nH]c(C(=O)COC(=O)c2cc(-c3cc(C)sc3C)nc3onc(C)c23)c1C. The third-order valence-corrected chi connectivity index (χ3v) is 6.52. The zero-order valence-electron chi connectivity index (χ0n) is 19.2. The number of fused-ring (bicyclic) bond motifs is 1. The molecule has 8 nitrogen and oxygen atoms in total. The highest BCUT2D eigenvalue weighted by Crippen LogP contribution is 2.33. The van der Waals surface area contributed by atoms with Gasteiger partial charge in [-0.1, -0.05) is 5.16 Å². The predicted molar refractivity (Wildman–Crippen MR) is 124 cm³/mol. The highest BCUT2D eigenvalue weighted by atomic mass is 32.1. The van der Waals surface area contributed by atoms with Crippen LogP contribution in [0.5, 0.6) is 0 Å². The molecule has 0 saturated carbocycles. The first-order chi connectivity index (χ1) is 15.6. The van der Waals surface area contributed by atoms with Gasteiger partial charge >= 0.3 is 5.97 Å². The molecular weight excluding hydrogens is 442 g/mol. The number of carbonyl (C=O) groups excluding carboxylic acids is 3. The number of aromatic amines is 1. The van der Waals surface area contributed by atoms with E-state index in [0.717, 1.165) is 15.3 Å². The van der Waals surface area contributed by atoms with Crippen molar-refractivity contribution < 1.29 is 23.6 Å². The van der Waals surface area contributed by atoms with Crippen molar-refractivity contribution in [1.29, 1.82) is 0 Å². The maximum Gasteiger partial charge on any atom is 0.339 e. The predicted octanol–water partition coefficient (Wildman–Crippen LogP) is 5.06. The van der Waals surface area contributed by atoms with E-state index >= 15 is 0 Å². The summed E-state index contributed by atoms with van der Waals surface area (Å²) in [4.78, 5) is 47.3. The molecule has 0 aliphatic rings. The molecule has 0 spiro atoms. The van der Waals surface area contributed by atoms with Crippen LogP contribution >= 0.6 is 11.3 Å². The van der Waals surface area contributed by atoms with Gasteiger partial charge < -0.3 is 14.2 Å². The first-order valence-corrected chi connectivity index (χ1v) is 11.1. The van der Waals surface area contributed by atoms with Crippen molar-refractivity contribution in [2.75, 3.05) is 6.61 Å². The number of ketones is 2. The smallest absolute Gasteiger partial charge is 0.339 e. The minimum absolute atomic E-state index is 0.133. The van der Waals surface area contributed by atoms with Gasteiger partial charge in [0, 0.05) is 26.6 Å². The Balaban J connectivity index is 1.65. The quantitative estimate of drug-likeness (QED) is 0.312. The van der Waals surface area contributed by atoms with Gasteiger partial charge in [-0.25, -0.2) is 9.78 Å². The van der Waals surface area contributed by atoms with Crippen LogP contribution in [0, 0.1) is 34.6 Å². The molecule has 0 amide bonds. The molecule has 0 unspecified atom stereocenters. The molecule has 0 fully saturated rings. The Bertz CT molecular complexity index is 1440. The van der Waals surface area contributed by atoms with E-state index in [1.165, 1.54) is 6.92 Å². The van der Waals surface area contributed by atoms with Crippen molar-refractivity contribution in [3.63, 3.8) is 0 Å². The summed E-state index contributed by atoms with van der Waals surface area (Å²) in [5.41, 5.74) is 4.32. The van der Waals surface area contributed by atoms with Crippen molar-refractivity contribution in [1.82, 2.24) is 15.1 Å². The topological polar surface area (TPSA) is 115 Å². The number of nitrogens with zero attached hydrogens (tertiary/aromatic N) is 2. The number of aromatic nitrogens is 3. The normalized spacial score (nSPS) is 11.2. The van der Waals surface area contributed by atoms with E-state index in [1.54, 1.807) is 38.2 Å². The van der Waals surface area contributed by atoms with Crippen LogP contribution < -0.4 is 0 Å². The average molecular weight is 466 g/mol. The fourth-order valence-electron chi connectivity index (χ4n) is 4.12. The summed E-state index contributed by atoms with van der Waals surface area (Å²) in [6.45, 7) is 10.1. The van der Waals surface area contributed by atoms with Gasteiger partial charge in [-0.2, -0.15) is 0 Å². The number of nitrogens with one attached hydrogen (secondary N) is 1. The van der Waals surface area contributed by atoms with Gasteiger partial charge in [0.05, 0.1) is 28.0 Å². The number of aryl methyl sites for hydroxylation is 4. The van der Waals surface area contributed by atoms with Crippen LogP contribution in [0.15, 0.2) is 16.7 Å². The van der Waals surface area contributed by atoms with E-state index < -0.39 is 18.4 Å². The molecule has 0 radical (unpaired) electrons. The summed E-state index contributed by atoms with van der Waals surface area (Å²) >= 11 is 1.63. The number of H-pyrrole nitrogens is 1. The van der Waals surface area contributed by atoms with Crippen LogP contribution in [0.25, 0.3) is 22.4 Å². The molecule has 0 aromatic carbocycles. The zero-order chi connectivity index (χ0) is 24.0. The molecule has 0 aliphatic carbocycles. The second-order valence-electron chi connectivity index (χ2n) is 8.01. The molecule has 4 heterocycles. The number of ether oxygens (including phenoxy) is 1. The van der Waals surface area contributed by atoms with E-state index in [-0.39, 0.29) is 22.8 Å². The number of hydrogen-bond donors (Lipinski definition) is 1. The monoisotopic (exact) mass is 465 g/mol. The van der Waals surface area contributed by atoms with Crippen LogP contribution in [0.1, 0.15) is 64.8 Å². The highest BCUT2D eigenvalue weighted by Gasteiger charge is 2.24. The first-order valence-electron chi connectivity index (χ1n) is 10.3. The third kappa shape index (κ3) is 4.00. The van der Waals surface area contributed by atoms with Gasteiger partial charge in [0.2, 0.25) is 5.78 Å². The van der Waals surface area contributed by atoms with Gasteiger partial charge in [0.15, 0.2) is 12.4 Å². The number of pyridine rings is 1. The van der Waals surface area contributed by atoms with Crippen molar-refractivity contribution in [3.8, 4) is 11.3 Å². The number of thiophene rings is 1. The van der Waals surface area contributed by atoms with Crippen LogP contribution in [-0.4, -0.2) is 39.3 Å². The van der Waals surface area contributed by atoms with Crippen molar-refractivity contribution >= 4 is 40.0 Å². The second kappa shape index (κ2) is 8.40. The third-order valence-electron chi connectivity index (χ3n) is 5.56. The maximum absolute atomic E-state index is 13.1. The van der Waals surface area contributed by atoms with Gasteiger partial charge in [-0.05, 0) is 59.2 Å². The Morgan fingerprint density at radius 3 is 2.45 bits per heavy atom. The molecule has 0 atom stereocenters. The molecule has 4 aromatic heterocycles. The Morgan fingerprint density at radius 1 is 1.12 bits per heavy atom. The molecule has 0 bridgehead atoms. The lowest BCUT2D eigenvalue weighted by atomic mass is 10.1. The van der Waals surface area contributed by atoms with Gasteiger partial charge in [0.25, 0.3) is 5.71 Å². The summed E-state index contributed by atoms with van der Waals surface area (Å²) in [5.74, 6) is -1.24. The largest absolute Gasteiger partial charge is 0.454 e. The minimum Gasteiger partial charge on any atom is -0.454 e. The molecule has 33 heavy (non-hydrogen) atoms. The van der Waals surface area contributed by atoms with E-state index in [4.69, 9.17) is 9.26 Å². The average Bonchev–Trinajstić information content (AvgIpc) is 3.39. The van der Waals surface area contributed by atoms with Gasteiger partial charge in [0.1, 0.15) is 0 Å². The van der Waals surface area contributed by atoms with Crippen molar-refractivity contribution in [2.45, 2.75) is 41.5 Å². The van der Waals surface area contributed by atoms with Crippen LogP contribution in [0.4, 0.5) is 0 Å². The minimum atomic E-state index is -0.680. The lowest BCUT2D eigenvalue weighted by molar-refractivity contribution is 0.0475. The van der Waals surface area contributed by atoms with E-state index in [1.807, 2.05) is 19.9 Å². The number of Topliss-reactive ketones (excluding diaryl/α,β-unsaturated/α-hetero) is 2. The van der Waals surface area contributed by atoms with Crippen LogP contribution in [0.3, 0.4) is 0 Å². The van der Waals surface area contributed by atoms with Gasteiger partial charge in [-0.3, -0.25) is 9.59 Å². The fourth-order valence-corrected chi connectivity index (χ4v) is 5.05. The number of rotatable bonds is 6. The lowest BCUT2D eigenvalue weighted by Gasteiger charge is -2.07. The van der Waals surface area contributed by atoms with E-state index in [9.17, 15) is 14.4 Å². The standard InChI is InChI=1S/C24H23N3O5S/c1-10-7-16(15(6)33-10)18-8-17(21-13(4)27-32-23(21)26-18)24(30)31-9-19(29)22-11(2)20(14(5)28)12(3)25-22/h7-8,25H,9H2,1-6H3. The first kappa shape index (κ1) is 22.6. The molecule has 1 N–H and O–H groups in total.